The van der Waals surface area contributed by atoms with Crippen molar-refractivity contribution in [2.24, 2.45) is 5.92 Å². The molecular formula is C21H40N4O3S. The van der Waals surface area contributed by atoms with E-state index in [0.29, 0.717) is 24.8 Å². The zero-order valence-corrected chi connectivity index (χ0v) is 19.1. The first-order valence-corrected chi connectivity index (χ1v) is 12.2. The van der Waals surface area contributed by atoms with Crippen LogP contribution in [0.4, 0.5) is 4.79 Å². The Morgan fingerprint density at radius 3 is 2.48 bits per heavy atom. The van der Waals surface area contributed by atoms with Crippen LogP contribution >= 0.6 is 11.8 Å². The Morgan fingerprint density at radius 1 is 1.14 bits per heavy atom. The van der Waals surface area contributed by atoms with Crippen molar-refractivity contribution in [2.75, 3.05) is 65.2 Å². The summed E-state index contributed by atoms with van der Waals surface area (Å²) in [6.45, 7) is 7.66. The van der Waals surface area contributed by atoms with Crippen molar-refractivity contribution in [1.82, 2.24) is 20.0 Å². The van der Waals surface area contributed by atoms with Gasteiger partial charge in [0.15, 0.2) is 5.12 Å². The first kappa shape index (κ1) is 24.4. The van der Waals surface area contributed by atoms with Crippen molar-refractivity contribution in [3.05, 3.63) is 0 Å². The van der Waals surface area contributed by atoms with Gasteiger partial charge in [0.2, 0.25) is 0 Å². The Hall–Kier alpha value is -0.830. The molecule has 1 unspecified atom stereocenters. The van der Waals surface area contributed by atoms with Crippen molar-refractivity contribution < 1.29 is 14.7 Å². The first-order valence-electron chi connectivity index (χ1n) is 11.2. The van der Waals surface area contributed by atoms with Gasteiger partial charge in [-0.2, -0.15) is 0 Å². The minimum Gasteiger partial charge on any atom is -0.390 e. The summed E-state index contributed by atoms with van der Waals surface area (Å²) in [5.41, 5.74) is 0. The van der Waals surface area contributed by atoms with Gasteiger partial charge in [-0.1, -0.05) is 43.9 Å². The Balaban J connectivity index is 1.74. The molecule has 2 amide bonds. The van der Waals surface area contributed by atoms with Gasteiger partial charge in [-0.3, -0.25) is 9.69 Å². The summed E-state index contributed by atoms with van der Waals surface area (Å²) < 4.78 is 0. The number of piperazine rings is 1. The van der Waals surface area contributed by atoms with Gasteiger partial charge in [-0.15, -0.1) is 0 Å². The quantitative estimate of drug-likeness (QED) is 0.553. The number of urea groups is 1. The zero-order chi connectivity index (χ0) is 21.1. The molecule has 1 heterocycles. The SMILES string of the molecule is CC(=O)SCCN(CCC1CCCCC1)C(=O)NCC(O)CN1CCN(C)CC1. The number of carbonyl (C=O) groups is 2. The molecule has 0 aromatic rings. The van der Waals surface area contributed by atoms with Crippen LogP contribution in [-0.4, -0.2) is 102 Å². The van der Waals surface area contributed by atoms with E-state index in [1.807, 2.05) is 4.90 Å². The third-order valence-electron chi connectivity index (χ3n) is 6.04. The normalized spacial score (nSPS) is 20.4. The van der Waals surface area contributed by atoms with E-state index in [-0.39, 0.29) is 17.7 Å². The zero-order valence-electron chi connectivity index (χ0n) is 18.3. The van der Waals surface area contributed by atoms with Crippen LogP contribution in [0.1, 0.15) is 45.4 Å². The summed E-state index contributed by atoms with van der Waals surface area (Å²) in [4.78, 5) is 30.3. The molecule has 0 aromatic carbocycles. The molecule has 1 aliphatic heterocycles. The number of carbonyl (C=O) groups excluding carboxylic acids is 2. The average Bonchev–Trinajstić information content (AvgIpc) is 2.71. The number of hydrogen-bond donors (Lipinski definition) is 2. The molecule has 7 nitrogen and oxygen atoms in total. The number of aliphatic hydroxyl groups excluding tert-OH is 1. The third kappa shape index (κ3) is 10.2. The number of amides is 2. The summed E-state index contributed by atoms with van der Waals surface area (Å²) >= 11 is 1.27. The van der Waals surface area contributed by atoms with Crippen LogP contribution in [0.2, 0.25) is 0 Å². The summed E-state index contributed by atoms with van der Waals surface area (Å²) in [6, 6.07) is -0.123. The van der Waals surface area contributed by atoms with Crippen molar-refractivity contribution >= 4 is 22.9 Å². The number of hydrogen-bond acceptors (Lipinski definition) is 6. The molecule has 2 rings (SSSR count). The molecule has 0 radical (unpaired) electrons. The fourth-order valence-corrected chi connectivity index (χ4v) is 4.74. The van der Waals surface area contributed by atoms with Crippen molar-refractivity contribution in [3.63, 3.8) is 0 Å². The first-order chi connectivity index (χ1) is 13.9. The lowest BCUT2D eigenvalue weighted by molar-refractivity contribution is -0.109. The largest absolute Gasteiger partial charge is 0.390 e. The fraction of sp³-hybridized carbons (Fsp3) is 0.905. The van der Waals surface area contributed by atoms with Gasteiger partial charge >= 0.3 is 6.03 Å². The van der Waals surface area contributed by atoms with Gasteiger partial charge in [0.1, 0.15) is 0 Å². The van der Waals surface area contributed by atoms with Crippen LogP contribution in [0.15, 0.2) is 0 Å². The Morgan fingerprint density at radius 2 is 1.83 bits per heavy atom. The van der Waals surface area contributed by atoms with Gasteiger partial charge in [-0.05, 0) is 19.4 Å². The Bertz CT molecular complexity index is 494. The maximum Gasteiger partial charge on any atom is 0.317 e. The lowest BCUT2D eigenvalue weighted by Crippen LogP contribution is -2.50. The molecule has 168 valence electrons. The van der Waals surface area contributed by atoms with Gasteiger partial charge in [0, 0.05) is 65.0 Å². The smallest absolute Gasteiger partial charge is 0.317 e. The maximum atomic E-state index is 12.7. The lowest BCUT2D eigenvalue weighted by atomic mass is 9.87. The van der Waals surface area contributed by atoms with E-state index in [4.69, 9.17) is 0 Å². The number of β-amino-alcohol motifs (C(OH)–C–C–N with tert-alkyl or cyclic N) is 1. The molecule has 2 aliphatic rings. The second kappa shape index (κ2) is 13.5. The van der Waals surface area contributed by atoms with E-state index in [1.165, 1.54) is 43.9 Å². The molecule has 8 heteroatoms. The molecule has 1 saturated heterocycles. The van der Waals surface area contributed by atoms with E-state index < -0.39 is 6.10 Å². The predicted octanol–water partition coefficient (Wildman–Crippen LogP) is 1.86. The van der Waals surface area contributed by atoms with Crippen LogP contribution < -0.4 is 5.32 Å². The second-order valence-corrected chi connectivity index (χ2v) is 9.84. The van der Waals surface area contributed by atoms with E-state index in [1.54, 1.807) is 6.92 Å². The third-order valence-corrected chi connectivity index (χ3v) is 6.83. The van der Waals surface area contributed by atoms with Crippen LogP contribution in [0.25, 0.3) is 0 Å². The molecule has 1 saturated carbocycles. The number of nitrogens with zero attached hydrogens (tertiary/aromatic N) is 3. The van der Waals surface area contributed by atoms with Crippen molar-refractivity contribution in [1.29, 1.82) is 0 Å². The number of nitrogens with one attached hydrogen (secondary N) is 1. The van der Waals surface area contributed by atoms with Crippen LogP contribution in [0, 0.1) is 5.92 Å². The van der Waals surface area contributed by atoms with E-state index in [2.05, 4.69) is 22.2 Å². The van der Waals surface area contributed by atoms with Crippen LogP contribution in [0.3, 0.4) is 0 Å². The molecular weight excluding hydrogens is 388 g/mol. The molecule has 2 N–H and O–H groups in total. The second-order valence-electron chi connectivity index (χ2n) is 8.56. The highest BCUT2D eigenvalue weighted by Crippen LogP contribution is 2.26. The Labute approximate surface area is 180 Å². The van der Waals surface area contributed by atoms with Gasteiger partial charge < -0.3 is 20.2 Å². The van der Waals surface area contributed by atoms with Crippen LogP contribution in [-0.2, 0) is 4.79 Å². The molecule has 0 bridgehead atoms. The van der Waals surface area contributed by atoms with Crippen molar-refractivity contribution in [3.8, 4) is 0 Å². The van der Waals surface area contributed by atoms with Gasteiger partial charge in [0.05, 0.1) is 6.10 Å². The van der Waals surface area contributed by atoms with E-state index in [0.717, 1.165) is 39.1 Å². The minimum absolute atomic E-state index is 0.0836. The molecule has 1 atom stereocenters. The number of likely N-dealkylation sites (N-methyl/N-ethyl adjacent to an activating group) is 1. The average molecular weight is 429 g/mol. The number of rotatable bonds is 10. The highest BCUT2D eigenvalue weighted by atomic mass is 32.2. The summed E-state index contributed by atoms with van der Waals surface area (Å²) in [5.74, 6) is 1.33. The minimum atomic E-state index is -0.561. The molecule has 2 fully saturated rings. The summed E-state index contributed by atoms with van der Waals surface area (Å²) in [7, 11) is 2.11. The Kier molecular flexibility index (Phi) is 11.4. The molecule has 0 aromatic heterocycles. The maximum absolute atomic E-state index is 12.7. The highest BCUT2D eigenvalue weighted by molar-refractivity contribution is 8.13. The molecule has 29 heavy (non-hydrogen) atoms. The van der Waals surface area contributed by atoms with Gasteiger partial charge in [-0.25, -0.2) is 4.79 Å². The van der Waals surface area contributed by atoms with Gasteiger partial charge in [0.25, 0.3) is 0 Å². The number of aliphatic hydroxyl groups is 1. The lowest BCUT2D eigenvalue weighted by Gasteiger charge is -2.33. The van der Waals surface area contributed by atoms with E-state index in [9.17, 15) is 14.7 Å². The van der Waals surface area contributed by atoms with Crippen LogP contribution in [0.5, 0.6) is 0 Å². The van der Waals surface area contributed by atoms with Crippen molar-refractivity contribution in [2.45, 2.75) is 51.6 Å². The fourth-order valence-electron chi connectivity index (χ4n) is 4.14. The summed E-state index contributed by atoms with van der Waals surface area (Å²) in [6.07, 6.45) is 6.94. The highest BCUT2D eigenvalue weighted by Gasteiger charge is 2.20. The van der Waals surface area contributed by atoms with E-state index >= 15 is 0 Å². The topological polar surface area (TPSA) is 76.1 Å². The number of thioether (sulfide) groups is 1. The molecule has 1 aliphatic carbocycles. The monoisotopic (exact) mass is 428 g/mol. The predicted molar refractivity (Wildman–Crippen MR) is 119 cm³/mol. The molecule has 0 spiro atoms. The summed E-state index contributed by atoms with van der Waals surface area (Å²) in [5, 5.41) is 13.3. The standard InChI is InChI=1S/C21H40N4O3S/c1-18(26)29-15-14-25(9-8-19-6-4-3-5-7-19)21(28)22-16-20(27)17-24-12-10-23(2)11-13-24/h19-20,27H,3-17H2,1-2H3,(H,22,28).